The fraction of sp³-hybridized carbons (Fsp3) is 0.606. The van der Waals surface area contributed by atoms with Gasteiger partial charge in [-0.15, -0.1) is 0 Å². The number of benzene rings is 1. The second-order valence-electron chi connectivity index (χ2n) is 13.2. The minimum absolute atomic E-state index is 0.00381. The molecule has 0 amide bonds. The Bertz CT molecular complexity index is 1450. The first-order valence-electron chi connectivity index (χ1n) is 15.8. The number of nitrogens with zero attached hydrogens (tertiary/aromatic N) is 6. The van der Waals surface area contributed by atoms with E-state index in [2.05, 4.69) is 34.6 Å². The maximum atomic E-state index is 13.9. The van der Waals surface area contributed by atoms with Crippen molar-refractivity contribution in [2.24, 2.45) is 0 Å². The number of aliphatic hydroxyl groups is 1. The Morgan fingerprint density at radius 1 is 1.14 bits per heavy atom. The summed E-state index contributed by atoms with van der Waals surface area (Å²) in [6.07, 6.45) is 8.09. The van der Waals surface area contributed by atoms with Crippen LogP contribution < -0.4 is 9.64 Å². The number of aliphatic hydroxyl groups excluding tert-OH is 1. The van der Waals surface area contributed by atoms with Crippen LogP contribution in [-0.2, 0) is 24.7 Å². The summed E-state index contributed by atoms with van der Waals surface area (Å²) >= 11 is 6.63. The molecule has 0 bridgehead atoms. The Morgan fingerprint density at radius 3 is 2.65 bits per heavy atom. The van der Waals surface area contributed by atoms with Gasteiger partial charge in [0.05, 0.1) is 23.7 Å². The van der Waals surface area contributed by atoms with Gasteiger partial charge < -0.3 is 14.7 Å². The molecule has 0 saturated carbocycles. The number of halogens is 2. The van der Waals surface area contributed by atoms with E-state index in [9.17, 15) is 14.8 Å². The summed E-state index contributed by atoms with van der Waals surface area (Å²) in [6, 6.07) is 8.57. The lowest BCUT2D eigenvalue weighted by Crippen LogP contribution is -2.57. The zero-order chi connectivity index (χ0) is 29.8. The molecule has 8 nitrogen and oxygen atoms in total. The van der Waals surface area contributed by atoms with Crippen molar-refractivity contribution < 1.29 is 14.2 Å². The van der Waals surface area contributed by atoms with Crippen LogP contribution in [0.5, 0.6) is 6.01 Å². The Morgan fingerprint density at radius 2 is 1.91 bits per heavy atom. The molecule has 1 aromatic heterocycles. The highest BCUT2D eigenvalue weighted by atomic mass is 35.5. The topological polar surface area (TPSA) is 88.8 Å². The van der Waals surface area contributed by atoms with Gasteiger partial charge in [-0.2, -0.15) is 15.2 Å². The fourth-order valence-electron chi connectivity index (χ4n) is 8.76. The summed E-state index contributed by atoms with van der Waals surface area (Å²) in [5.41, 5.74) is 4.86. The van der Waals surface area contributed by atoms with E-state index in [-0.39, 0.29) is 23.4 Å². The molecule has 3 atom stereocenters. The molecule has 5 aliphatic rings. The van der Waals surface area contributed by atoms with Crippen LogP contribution in [0.4, 0.5) is 10.2 Å². The molecule has 1 aromatic carbocycles. The van der Waals surface area contributed by atoms with Crippen LogP contribution in [0.15, 0.2) is 30.6 Å². The van der Waals surface area contributed by atoms with E-state index in [0.717, 1.165) is 80.1 Å². The molecule has 1 spiro atoms. The SMILES string of the molecule is C=C(F)C(O)N1CCN(c2nc(OCC34CCCN3CCC4)nc3c2CC[C@@]2(CCc4c(Cl)cccc42)C3)C[C@@H]1CC#N. The zero-order valence-corrected chi connectivity index (χ0v) is 25.5. The maximum absolute atomic E-state index is 13.9. The Kier molecular flexibility index (Phi) is 7.61. The van der Waals surface area contributed by atoms with Crippen LogP contribution in [0.3, 0.4) is 0 Å². The second-order valence-corrected chi connectivity index (χ2v) is 13.6. The van der Waals surface area contributed by atoms with E-state index in [0.29, 0.717) is 32.3 Å². The van der Waals surface area contributed by atoms with Gasteiger partial charge in [-0.3, -0.25) is 9.80 Å². The molecule has 2 aliphatic carbocycles. The monoisotopic (exact) mass is 606 g/mol. The first kappa shape index (κ1) is 29.0. The van der Waals surface area contributed by atoms with E-state index < -0.39 is 12.1 Å². The number of hydrogen-bond acceptors (Lipinski definition) is 8. The van der Waals surface area contributed by atoms with E-state index in [1.165, 1.54) is 24.0 Å². The van der Waals surface area contributed by atoms with Crippen molar-refractivity contribution >= 4 is 17.4 Å². The molecule has 3 saturated heterocycles. The summed E-state index contributed by atoms with van der Waals surface area (Å²) in [7, 11) is 0. The lowest BCUT2D eigenvalue weighted by Gasteiger charge is -2.44. The molecule has 0 radical (unpaired) electrons. The van der Waals surface area contributed by atoms with E-state index in [1.807, 2.05) is 6.07 Å². The van der Waals surface area contributed by atoms with Crippen LogP contribution in [0.2, 0.25) is 5.02 Å². The summed E-state index contributed by atoms with van der Waals surface area (Å²) in [4.78, 5) is 16.6. The van der Waals surface area contributed by atoms with Gasteiger partial charge in [0.2, 0.25) is 0 Å². The van der Waals surface area contributed by atoms with E-state index in [4.69, 9.17) is 26.3 Å². The molecule has 3 fully saturated rings. The number of nitriles is 1. The van der Waals surface area contributed by atoms with Gasteiger partial charge in [-0.05, 0) is 88.1 Å². The smallest absolute Gasteiger partial charge is 0.318 e. The highest BCUT2D eigenvalue weighted by Gasteiger charge is 2.46. The summed E-state index contributed by atoms with van der Waals surface area (Å²) < 4.78 is 20.5. The molecule has 10 heteroatoms. The highest BCUT2D eigenvalue weighted by Crippen LogP contribution is 2.50. The zero-order valence-electron chi connectivity index (χ0n) is 24.7. The third-order valence-electron chi connectivity index (χ3n) is 11.0. The number of rotatable bonds is 7. The van der Waals surface area contributed by atoms with Crippen LogP contribution in [-0.4, -0.2) is 82.0 Å². The molecule has 4 heterocycles. The van der Waals surface area contributed by atoms with Crippen LogP contribution in [0, 0.1) is 11.3 Å². The van der Waals surface area contributed by atoms with Crippen molar-refractivity contribution in [3.63, 3.8) is 0 Å². The largest absolute Gasteiger partial charge is 0.461 e. The van der Waals surface area contributed by atoms with Crippen molar-refractivity contribution in [1.82, 2.24) is 19.8 Å². The fourth-order valence-corrected chi connectivity index (χ4v) is 9.03. The molecule has 1 unspecified atom stereocenters. The number of piperazine rings is 1. The summed E-state index contributed by atoms with van der Waals surface area (Å²) in [5.74, 6) is 0.0449. The third-order valence-corrected chi connectivity index (χ3v) is 11.3. The number of anilines is 1. The quantitative estimate of drug-likeness (QED) is 0.485. The Hall–Kier alpha value is -2.77. The number of aromatic nitrogens is 2. The van der Waals surface area contributed by atoms with Crippen LogP contribution >= 0.6 is 11.6 Å². The molecule has 228 valence electrons. The maximum Gasteiger partial charge on any atom is 0.318 e. The van der Waals surface area contributed by atoms with Gasteiger partial charge in [0.15, 0.2) is 6.23 Å². The van der Waals surface area contributed by atoms with Gasteiger partial charge in [0.1, 0.15) is 18.3 Å². The Balaban J connectivity index is 1.23. The molecule has 1 N–H and O–H groups in total. The minimum atomic E-state index is -1.42. The third kappa shape index (κ3) is 5.01. The molecule has 7 rings (SSSR count). The molecule has 43 heavy (non-hydrogen) atoms. The minimum Gasteiger partial charge on any atom is -0.461 e. The molecule has 3 aliphatic heterocycles. The summed E-state index contributed by atoms with van der Waals surface area (Å²) in [6.45, 7) is 7.52. The van der Waals surface area contributed by atoms with Gasteiger partial charge >= 0.3 is 6.01 Å². The first-order valence-corrected chi connectivity index (χ1v) is 16.2. The van der Waals surface area contributed by atoms with E-state index in [1.54, 1.807) is 4.90 Å². The van der Waals surface area contributed by atoms with Crippen LogP contribution in [0.1, 0.15) is 67.3 Å². The molecular formula is C33H40ClFN6O2. The van der Waals surface area contributed by atoms with Gasteiger partial charge in [0.25, 0.3) is 0 Å². The normalized spacial score (nSPS) is 27.0. The second kappa shape index (κ2) is 11.3. The predicted molar refractivity (Wildman–Crippen MR) is 163 cm³/mol. The van der Waals surface area contributed by atoms with Crippen molar-refractivity contribution in [2.75, 3.05) is 44.2 Å². The number of fused-ring (bicyclic) bond motifs is 4. The lowest BCUT2D eigenvalue weighted by atomic mass is 9.69. The molecule has 2 aromatic rings. The van der Waals surface area contributed by atoms with Crippen molar-refractivity contribution in [3.8, 4) is 12.1 Å². The van der Waals surface area contributed by atoms with Gasteiger partial charge in [-0.1, -0.05) is 30.3 Å². The average Bonchev–Trinajstić information content (AvgIpc) is 3.69. The van der Waals surface area contributed by atoms with Gasteiger partial charge in [0, 0.05) is 41.7 Å². The number of hydrogen-bond donors (Lipinski definition) is 1. The summed E-state index contributed by atoms with van der Waals surface area (Å²) in [5, 5.41) is 20.9. The van der Waals surface area contributed by atoms with Crippen molar-refractivity contribution in [3.05, 3.63) is 58.0 Å². The van der Waals surface area contributed by atoms with Crippen molar-refractivity contribution in [1.29, 1.82) is 5.26 Å². The molecular weight excluding hydrogens is 567 g/mol. The van der Waals surface area contributed by atoms with Gasteiger partial charge in [-0.25, -0.2) is 4.39 Å². The predicted octanol–water partition coefficient (Wildman–Crippen LogP) is 4.72. The Labute approximate surface area is 258 Å². The van der Waals surface area contributed by atoms with Crippen molar-refractivity contribution in [2.45, 2.75) is 87.4 Å². The first-order chi connectivity index (χ1) is 20.8. The standard InChI is InChI=1S/C33H40ClFN6O2/c1-22(35)30(42)41-18-17-39(20-23(41)9-14-36)29-25-8-13-32(12-7-24-26(32)5-2-6-27(24)34)19-28(25)37-31(38-29)43-21-33-10-3-15-40(33)16-4-11-33/h2,5-6,23,30,42H,1,3-4,7-13,15-21H2/t23-,30?,32-/m0/s1. The van der Waals surface area contributed by atoms with Crippen LogP contribution in [0.25, 0.3) is 0 Å². The number of ether oxygens (including phenoxy) is 1. The lowest BCUT2D eigenvalue weighted by molar-refractivity contribution is -0.0167. The highest BCUT2D eigenvalue weighted by molar-refractivity contribution is 6.31. The average molecular weight is 607 g/mol. The van der Waals surface area contributed by atoms with E-state index >= 15 is 0 Å².